The van der Waals surface area contributed by atoms with Crippen molar-refractivity contribution < 1.29 is 14.0 Å². The van der Waals surface area contributed by atoms with Crippen LogP contribution in [0.15, 0.2) is 66.1 Å². The first-order chi connectivity index (χ1) is 14.0. The smallest absolute Gasteiger partial charge is 0.244 e. The van der Waals surface area contributed by atoms with Crippen LogP contribution in [0.4, 0.5) is 15.2 Å². The van der Waals surface area contributed by atoms with Gasteiger partial charge in [-0.05, 0) is 42.3 Å². The number of aromatic nitrogens is 1. The van der Waals surface area contributed by atoms with Gasteiger partial charge in [0.25, 0.3) is 0 Å². The number of hydrogen-bond acceptors (Lipinski definition) is 4. The average Bonchev–Trinajstić information content (AvgIpc) is 3.17. The molecular formula is C22H20FN3O2S. The molecule has 1 N–H and O–H groups in total. The predicted molar refractivity (Wildman–Crippen MR) is 114 cm³/mol. The molecule has 0 aliphatic carbocycles. The summed E-state index contributed by atoms with van der Waals surface area (Å²) in [4.78, 5) is 30.0. The lowest BCUT2D eigenvalue weighted by Gasteiger charge is -2.17. The lowest BCUT2D eigenvalue weighted by Crippen LogP contribution is -2.23. The Kier molecular flexibility index (Phi) is 6.86. The Balaban J connectivity index is 1.57. The summed E-state index contributed by atoms with van der Waals surface area (Å²) in [6, 6.07) is 15.5. The largest absolute Gasteiger partial charge is 0.352 e. The molecule has 2 aromatic carbocycles. The standard InChI is InChI=1S/C22H20FN3O2S/c1-16(27)26(20-5-3-2-4-6-20)22-25-19(15-29-22)11-12-21(28)24-14-13-17-7-9-18(23)10-8-17/h2-12,15H,13-14H2,1H3,(H,24,28). The fraction of sp³-hybridized carbons (Fsp3) is 0.136. The normalized spacial score (nSPS) is 10.8. The van der Waals surface area contributed by atoms with Gasteiger partial charge in [-0.15, -0.1) is 11.3 Å². The lowest BCUT2D eigenvalue weighted by atomic mass is 10.1. The second-order valence-electron chi connectivity index (χ2n) is 6.25. The summed E-state index contributed by atoms with van der Waals surface area (Å²) < 4.78 is 12.9. The molecular weight excluding hydrogens is 389 g/mol. The molecule has 0 aliphatic rings. The molecule has 0 fully saturated rings. The van der Waals surface area contributed by atoms with Crippen molar-refractivity contribution in [3.8, 4) is 0 Å². The van der Waals surface area contributed by atoms with E-state index >= 15 is 0 Å². The highest BCUT2D eigenvalue weighted by atomic mass is 32.1. The molecule has 1 heterocycles. The monoisotopic (exact) mass is 409 g/mol. The maximum atomic E-state index is 12.9. The number of para-hydroxylation sites is 1. The van der Waals surface area contributed by atoms with E-state index in [9.17, 15) is 14.0 Å². The van der Waals surface area contributed by atoms with Gasteiger partial charge in [0, 0.05) is 24.9 Å². The zero-order chi connectivity index (χ0) is 20.6. The Hall–Kier alpha value is -3.32. The number of amides is 2. The molecule has 2 amide bonds. The van der Waals surface area contributed by atoms with Crippen LogP contribution in [0.25, 0.3) is 6.08 Å². The van der Waals surface area contributed by atoms with Crippen LogP contribution in [-0.4, -0.2) is 23.3 Å². The van der Waals surface area contributed by atoms with Crippen LogP contribution in [0.2, 0.25) is 0 Å². The molecule has 3 aromatic rings. The van der Waals surface area contributed by atoms with E-state index in [-0.39, 0.29) is 17.6 Å². The van der Waals surface area contributed by atoms with Crippen molar-refractivity contribution in [1.82, 2.24) is 10.3 Å². The molecule has 0 saturated carbocycles. The van der Waals surface area contributed by atoms with E-state index in [1.54, 1.807) is 23.6 Å². The summed E-state index contributed by atoms with van der Waals surface area (Å²) in [6.45, 7) is 1.93. The second kappa shape index (κ2) is 9.75. The number of nitrogens with zero attached hydrogens (tertiary/aromatic N) is 2. The molecule has 5 nitrogen and oxygen atoms in total. The van der Waals surface area contributed by atoms with Crippen molar-refractivity contribution in [2.45, 2.75) is 13.3 Å². The van der Waals surface area contributed by atoms with Crippen molar-refractivity contribution >= 4 is 40.0 Å². The van der Waals surface area contributed by atoms with Crippen molar-refractivity contribution in [2.75, 3.05) is 11.4 Å². The number of benzene rings is 2. The van der Waals surface area contributed by atoms with Gasteiger partial charge >= 0.3 is 0 Å². The van der Waals surface area contributed by atoms with E-state index in [2.05, 4.69) is 10.3 Å². The molecule has 29 heavy (non-hydrogen) atoms. The SMILES string of the molecule is CC(=O)N(c1ccccc1)c1nc(C=CC(=O)NCCc2ccc(F)cc2)cs1. The van der Waals surface area contributed by atoms with Crippen molar-refractivity contribution in [3.05, 3.63) is 83.1 Å². The lowest BCUT2D eigenvalue weighted by molar-refractivity contribution is -0.117. The van der Waals surface area contributed by atoms with E-state index in [1.165, 1.54) is 41.4 Å². The van der Waals surface area contributed by atoms with Crippen molar-refractivity contribution in [3.63, 3.8) is 0 Å². The van der Waals surface area contributed by atoms with Gasteiger partial charge < -0.3 is 5.32 Å². The van der Waals surface area contributed by atoms with Crippen LogP contribution in [0.1, 0.15) is 18.2 Å². The highest BCUT2D eigenvalue weighted by Gasteiger charge is 2.17. The molecule has 0 radical (unpaired) electrons. The Morgan fingerprint density at radius 1 is 1.14 bits per heavy atom. The minimum Gasteiger partial charge on any atom is -0.352 e. The molecule has 0 saturated heterocycles. The van der Waals surface area contributed by atoms with Crippen molar-refractivity contribution in [2.24, 2.45) is 0 Å². The maximum Gasteiger partial charge on any atom is 0.244 e. The fourth-order valence-corrected chi connectivity index (χ4v) is 3.52. The summed E-state index contributed by atoms with van der Waals surface area (Å²) in [5.41, 5.74) is 2.29. The third kappa shape index (κ3) is 5.83. The molecule has 0 bridgehead atoms. The second-order valence-corrected chi connectivity index (χ2v) is 7.08. The van der Waals surface area contributed by atoms with Gasteiger partial charge in [-0.2, -0.15) is 0 Å². The number of rotatable bonds is 7. The zero-order valence-electron chi connectivity index (χ0n) is 15.8. The quantitative estimate of drug-likeness (QED) is 0.591. The molecule has 3 rings (SSSR count). The number of nitrogens with one attached hydrogen (secondary N) is 1. The zero-order valence-corrected chi connectivity index (χ0v) is 16.7. The number of hydrogen-bond donors (Lipinski definition) is 1. The minimum absolute atomic E-state index is 0.139. The van der Waals surface area contributed by atoms with E-state index in [0.29, 0.717) is 23.8 Å². The van der Waals surface area contributed by atoms with E-state index in [0.717, 1.165) is 11.3 Å². The van der Waals surface area contributed by atoms with Gasteiger partial charge in [0.15, 0.2) is 5.13 Å². The Morgan fingerprint density at radius 3 is 2.55 bits per heavy atom. The first-order valence-corrected chi connectivity index (χ1v) is 9.92. The number of carbonyl (C=O) groups is 2. The van der Waals surface area contributed by atoms with Crippen LogP contribution in [0, 0.1) is 5.82 Å². The third-order valence-electron chi connectivity index (χ3n) is 4.06. The Labute approximate surface area is 172 Å². The van der Waals surface area contributed by atoms with Crippen LogP contribution in [0.5, 0.6) is 0 Å². The molecule has 1 aromatic heterocycles. The van der Waals surface area contributed by atoms with Gasteiger partial charge in [-0.25, -0.2) is 9.37 Å². The molecule has 148 valence electrons. The first-order valence-electron chi connectivity index (χ1n) is 9.04. The summed E-state index contributed by atoms with van der Waals surface area (Å²) in [5, 5.41) is 5.11. The highest BCUT2D eigenvalue weighted by Crippen LogP contribution is 2.28. The van der Waals surface area contributed by atoms with Crippen LogP contribution >= 0.6 is 11.3 Å². The van der Waals surface area contributed by atoms with Gasteiger partial charge in [0.05, 0.1) is 11.4 Å². The van der Waals surface area contributed by atoms with Crippen molar-refractivity contribution in [1.29, 1.82) is 0 Å². The number of thiazole rings is 1. The summed E-state index contributed by atoms with van der Waals surface area (Å²) in [7, 11) is 0. The predicted octanol–water partition coefficient (Wildman–Crippen LogP) is 4.34. The van der Waals surface area contributed by atoms with Crippen LogP contribution < -0.4 is 10.2 Å². The summed E-state index contributed by atoms with van der Waals surface area (Å²) in [6.07, 6.45) is 3.63. The number of anilines is 2. The third-order valence-corrected chi connectivity index (χ3v) is 4.91. The number of carbonyl (C=O) groups excluding carboxylic acids is 2. The fourth-order valence-electron chi connectivity index (χ4n) is 2.66. The first kappa shape index (κ1) is 20.4. The average molecular weight is 409 g/mol. The van der Waals surface area contributed by atoms with Gasteiger partial charge in [-0.3, -0.25) is 14.5 Å². The highest BCUT2D eigenvalue weighted by molar-refractivity contribution is 7.14. The summed E-state index contributed by atoms with van der Waals surface area (Å²) in [5.74, 6) is -0.660. The topological polar surface area (TPSA) is 62.3 Å². The molecule has 0 spiro atoms. The van der Waals surface area contributed by atoms with E-state index in [1.807, 2.05) is 30.3 Å². The molecule has 7 heteroatoms. The maximum absolute atomic E-state index is 12.9. The van der Waals surface area contributed by atoms with E-state index in [4.69, 9.17) is 0 Å². The van der Waals surface area contributed by atoms with E-state index < -0.39 is 0 Å². The Morgan fingerprint density at radius 2 is 1.86 bits per heavy atom. The Bertz CT molecular complexity index is 1000. The van der Waals surface area contributed by atoms with Gasteiger partial charge in [0.1, 0.15) is 5.82 Å². The number of halogens is 1. The molecule has 0 atom stereocenters. The van der Waals surface area contributed by atoms with Crippen LogP contribution in [-0.2, 0) is 16.0 Å². The molecule has 0 unspecified atom stereocenters. The molecule has 0 aliphatic heterocycles. The van der Waals surface area contributed by atoms with Gasteiger partial charge in [-0.1, -0.05) is 30.3 Å². The minimum atomic E-state index is -0.279. The summed E-state index contributed by atoms with van der Waals surface area (Å²) >= 11 is 1.33. The van der Waals surface area contributed by atoms with Gasteiger partial charge in [0.2, 0.25) is 11.8 Å². The van der Waals surface area contributed by atoms with Crippen LogP contribution in [0.3, 0.4) is 0 Å².